The topological polar surface area (TPSA) is 62.7 Å². The molecular formula is C23H19F3N2O3. The third kappa shape index (κ3) is 4.25. The summed E-state index contributed by atoms with van der Waals surface area (Å²) in [6.07, 6.45) is -3.23. The molecule has 0 radical (unpaired) electrons. The van der Waals surface area contributed by atoms with Crippen LogP contribution in [0.3, 0.4) is 0 Å². The van der Waals surface area contributed by atoms with Gasteiger partial charge in [0.05, 0.1) is 16.8 Å². The first-order valence-electron chi connectivity index (χ1n) is 9.70. The first kappa shape index (κ1) is 20.9. The van der Waals surface area contributed by atoms with Crippen molar-refractivity contribution < 1.29 is 27.8 Å². The maximum absolute atomic E-state index is 12.8. The highest BCUT2D eigenvalue weighted by molar-refractivity contribution is 6.06. The highest BCUT2D eigenvalue weighted by atomic mass is 19.4. The van der Waals surface area contributed by atoms with E-state index in [0.29, 0.717) is 47.4 Å². The number of benzene rings is 2. The minimum Gasteiger partial charge on any atom is -0.478 e. The molecule has 1 aliphatic rings. The number of pyridine rings is 1. The SMILES string of the molecule is CCN1C/C(=C\c2ccccc2OC(F)(F)F)c2nc3ccccc3c(C(=O)O)c2C1. The van der Waals surface area contributed by atoms with Gasteiger partial charge in [0, 0.05) is 29.6 Å². The molecular weight excluding hydrogens is 409 g/mol. The zero-order valence-electron chi connectivity index (χ0n) is 16.6. The predicted molar refractivity (Wildman–Crippen MR) is 111 cm³/mol. The van der Waals surface area contributed by atoms with Crippen LogP contribution >= 0.6 is 0 Å². The number of aromatic carboxylic acids is 1. The molecule has 0 saturated carbocycles. The number of likely N-dealkylation sites (N-methyl/N-ethyl adjacent to an activating group) is 1. The zero-order valence-corrected chi connectivity index (χ0v) is 16.6. The van der Waals surface area contributed by atoms with E-state index in [0.717, 1.165) is 0 Å². The van der Waals surface area contributed by atoms with E-state index in [4.69, 9.17) is 0 Å². The number of carboxylic acids is 1. The van der Waals surface area contributed by atoms with Gasteiger partial charge in [0.25, 0.3) is 0 Å². The minimum atomic E-state index is -4.82. The van der Waals surface area contributed by atoms with Crippen LogP contribution in [0.25, 0.3) is 22.6 Å². The summed E-state index contributed by atoms with van der Waals surface area (Å²) in [5, 5.41) is 10.5. The molecule has 0 fully saturated rings. The van der Waals surface area contributed by atoms with Crippen molar-refractivity contribution in [3.8, 4) is 5.75 Å². The number of hydrogen-bond acceptors (Lipinski definition) is 4. The monoisotopic (exact) mass is 428 g/mol. The average Bonchev–Trinajstić information content (AvgIpc) is 2.72. The van der Waals surface area contributed by atoms with Crippen molar-refractivity contribution in [1.82, 2.24) is 9.88 Å². The number of ether oxygens (including phenoxy) is 1. The van der Waals surface area contributed by atoms with Gasteiger partial charge in [-0.1, -0.05) is 43.3 Å². The largest absolute Gasteiger partial charge is 0.573 e. The Bertz CT molecular complexity index is 1190. The van der Waals surface area contributed by atoms with Gasteiger partial charge in [-0.3, -0.25) is 4.90 Å². The summed E-state index contributed by atoms with van der Waals surface area (Å²) in [7, 11) is 0. The second-order valence-electron chi connectivity index (χ2n) is 7.19. The van der Waals surface area contributed by atoms with E-state index in [9.17, 15) is 23.1 Å². The van der Waals surface area contributed by atoms with Crippen molar-refractivity contribution >= 4 is 28.5 Å². The van der Waals surface area contributed by atoms with Crippen LogP contribution in [0.4, 0.5) is 13.2 Å². The van der Waals surface area contributed by atoms with Crippen molar-refractivity contribution in [2.45, 2.75) is 19.8 Å². The fourth-order valence-corrected chi connectivity index (χ4v) is 3.85. The maximum atomic E-state index is 12.8. The summed E-state index contributed by atoms with van der Waals surface area (Å²) in [6.45, 7) is 3.40. The fourth-order valence-electron chi connectivity index (χ4n) is 3.85. The molecule has 31 heavy (non-hydrogen) atoms. The van der Waals surface area contributed by atoms with Gasteiger partial charge in [-0.15, -0.1) is 13.2 Å². The first-order chi connectivity index (χ1) is 14.8. The van der Waals surface area contributed by atoms with Crippen LogP contribution in [0, 0.1) is 0 Å². The van der Waals surface area contributed by atoms with Gasteiger partial charge in [0.15, 0.2) is 0 Å². The molecule has 8 heteroatoms. The van der Waals surface area contributed by atoms with E-state index >= 15 is 0 Å². The number of rotatable bonds is 4. The molecule has 0 unspecified atom stereocenters. The fraction of sp³-hybridized carbons (Fsp3) is 0.217. The van der Waals surface area contributed by atoms with Gasteiger partial charge in [-0.2, -0.15) is 0 Å². The number of nitrogens with zero attached hydrogens (tertiary/aromatic N) is 2. The number of aromatic nitrogens is 1. The van der Waals surface area contributed by atoms with Gasteiger partial charge in [0.2, 0.25) is 0 Å². The second kappa shape index (κ2) is 8.03. The molecule has 0 amide bonds. The Kier molecular flexibility index (Phi) is 5.41. The van der Waals surface area contributed by atoms with E-state index in [1.54, 1.807) is 36.4 Å². The molecule has 0 atom stereocenters. The summed E-state index contributed by atoms with van der Waals surface area (Å²) in [5.41, 5.74) is 2.61. The Morgan fingerprint density at radius 1 is 1.16 bits per heavy atom. The molecule has 2 heterocycles. The van der Waals surface area contributed by atoms with Crippen LogP contribution in [0.15, 0.2) is 48.5 Å². The molecule has 0 saturated heterocycles. The number of fused-ring (bicyclic) bond motifs is 2. The van der Waals surface area contributed by atoms with Gasteiger partial charge >= 0.3 is 12.3 Å². The molecule has 0 bridgehead atoms. The van der Waals surface area contributed by atoms with Crippen LogP contribution < -0.4 is 4.74 Å². The first-order valence-corrected chi connectivity index (χ1v) is 9.70. The third-order valence-corrected chi connectivity index (χ3v) is 5.21. The van der Waals surface area contributed by atoms with Crippen molar-refractivity contribution in [3.05, 3.63) is 70.9 Å². The molecule has 2 aromatic carbocycles. The number of carbonyl (C=O) groups is 1. The lowest BCUT2D eigenvalue weighted by atomic mass is 9.92. The lowest BCUT2D eigenvalue weighted by Gasteiger charge is -2.30. The van der Waals surface area contributed by atoms with E-state index in [2.05, 4.69) is 9.72 Å². The molecule has 0 spiro atoms. The standard InChI is InChI=1S/C23H19F3N2O3/c1-2-28-12-15(11-14-7-3-6-10-19(14)31-23(24,25)26)21-17(13-28)20(22(29)30)16-8-4-5-9-18(16)27-21/h3-11H,2,12-13H2,1H3,(H,29,30)/b15-11+. The normalized spacial score (nSPS) is 15.8. The van der Waals surface area contributed by atoms with Gasteiger partial charge in [-0.05, 0) is 30.3 Å². The minimum absolute atomic E-state index is 0.171. The average molecular weight is 428 g/mol. The van der Waals surface area contributed by atoms with Crippen LogP contribution in [0.2, 0.25) is 0 Å². The van der Waals surface area contributed by atoms with E-state index < -0.39 is 12.3 Å². The van der Waals surface area contributed by atoms with Gasteiger partial charge in [0.1, 0.15) is 5.75 Å². The highest BCUT2D eigenvalue weighted by Crippen LogP contribution is 2.36. The zero-order chi connectivity index (χ0) is 22.2. The Labute approximate surface area is 176 Å². The van der Waals surface area contributed by atoms with Crippen molar-refractivity contribution in [1.29, 1.82) is 0 Å². The Morgan fingerprint density at radius 3 is 2.58 bits per heavy atom. The summed E-state index contributed by atoms with van der Waals surface area (Å²) >= 11 is 0. The lowest BCUT2D eigenvalue weighted by Crippen LogP contribution is -2.31. The smallest absolute Gasteiger partial charge is 0.478 e. The molecule has 3 aromatic rings. The molecule has 160 valence electrons. The lowest BCUT2D eigenvalue weighted by molar-refractivity contribution is -0.274. The van der Waals surface area contributed by atoms with Gasteiger partial charge in [-0.25, -0.2) is 9.78 Å². The third-order valence-electron chi connectivity index (χ3n) is 5.21. The maximum Gasteiger partial charge on any atom is 0.573 e. The Balaban J connectivity index is 1.94. The molecule has 4 rings (SSSR count). The van der Waals surface area contributed by atoms with E-state index in [1.165, 1.54) is 18.2 Å². The molecule has 1 aromatic heterocycles. The number of halogens is 3. The van der Waals surface area contributed by atoms with Crippen molar-refractivity contribution in [2.75, 3.05) is 13.1 Å². The second-order valence-corrected chi connectivity index (χ2v) is 7.19. The summed E-state index contributed by atoms with van der Waals surface area (Å²) < 4.78 is 42.7. The summed E-state index contributed by atoms with van der Waals surface area (Å²) in [5.74, 6) is -1.38. The quantitative estimate of drug-likeness (QED) is 0.618. The van der Waals surface area contributed by atoms with Crippen LogP contribution in [0.5, 0.6) is 5.75 Å². The number of para-hydroxylation sites is 2. The molecule has 5 nitrogen and oxygen atoms in total. The highest BCUT2D eigenvalue weighted by Gasteiger charge is 2.32. The van der Waals surface area contributed by atoms with E-state index in [-0.39, 0.29) is 16.9 Å². The Hall–Kier alpha value is -3.39. The predicted octanol–water partition coefficient (Wildman–Crippen LogP) is 5.21. The molecule has 0 aliphatic carbocycles. The van der Waals surface area contributed by atoms with Crippen LogP contribution in [0.1, 0.15) is 34.1 Å². The Morgan fingerprint density at radius 2 is 1.87 bits per heavy atom. The summed E-state index contributed by atoms with van der Waals surface area (Å²) in [4.78, 5) is 18.9. The number of alkyl halides is 3. The van der Waals surface area contributed by atoms with Crippen LogP contribution in [-0.2, 0) is 6.54 Å². The molecule has 1 aliphatic heterocycles. The van der Waals surface area contributed by atoms with E-state index in [1.807, 2.05) is 11.8 Å². The number of carboxylic acid groups (broad SMARTS) is 1. The van der Waals surface area contributed by atoms with Crippen LogP contribution in [-0.4, -0.2) is 40.4 Å². The van der Waals surface area contributed by atoms with Crippen molar-refractivity contribution in [2.24, 2.45) is 0 Å². The summed E-state index contributed by atoms with van der Waals surface area (Å²) in [6, 6.07) is 12.8. The van der Waals surface area contributed by atoms with Crippen molar-refractivity contribution in [3.63, 3.8) is 0 Å². The molecule has 1 N–H and O–H groups in total. The number of hydrogen-bond donors (Lipinski definition) is 1. The van der Waals surface area contributed by atoms with Gasteiger partial charge < -0.3 is 9.84 Å².